The Labute approximate surface area is 165 Å². The molecular weight excluding hydrogens is 416 g/mol. The zero-order valence-corrected chi connectivity index (χ0v) is 14.9. The lowest BCUT2D eigenvalue weighted by molar-refractivity contribution is -0.143. The van der Waals surface area contributed by atoms with Crippen molar-refractivity contribution in [2.24, 2.45) is 0 Å². The van der Waals surface area contributed by atoms with Crippen LogP contribution in [0.1, 0.15) is 27.3 Å². The van der Waals surface area contributed by atoms with Crippen molar-refractivity contribution in [3.63, 3.8) is 0 Å². The van der Waals surface area contributed by atoms with E-state index in [1.165, 1.54) is 24.3 Å². The molecule has 2 N–H and O–H groups in total. The van der Waals surface area contributed by atoms with E-state index in [9.17, 15) is 31.1 Å². The number of aliphatic hydroxyl groups is 1. The first kappa shape index (κ1) is 21.4. The van der Waals surface area contributed by atoms with Crippen molar-refractivity contribution in [3.05, 3.63) is 77.1 Å². The molecule has 5 nitrogen and oxygen atoms in total. The van der Waals surface area contributed by atoms with Crippen LogP contribution in [0.5, 0.6) is 0 Å². The lowest BCUT2D eigenvalue weighted by Crippen LogP contribution is -2.14. The summed E-state index contributed by atoms with van der Waals surface area (Å²) in [5.41, 5.74) is -2.41. The Bertz CT molecular complexity index is 1040. The highest BCUT2D eigenvalue weighted by molar-refractivity contribution is 6.04. The van der Waals surface area contributed by atoms with E-state index in [0.717, 1.165) is 12.1 Å². The monoisotopic (exact) mass is 429 g/mol. The zero-order valence-electron chi connectivity index (χ0n) is 14.9. The standard InChI is InChI=1S/C19H13F6N3O2/c20-18(21,22)15-9-16(19(23,24)25)28(27-15)14-7-5-13(6-8-14)26-17(30)12-3-1-11(10-29)2-4-12/h1-9,29H,10H2,(H,26,30). The molecule has 3 aromatic rings. The van der Waals surface area contributed by atoms with Gasteiger partial charge in [-0.05, 0) is 42.0 Å². The summed E-state index contributed by atoms with van der Waals surface area (Å²) >= 11 is 0. The molecule has 0 atom stereocenters. The number of aliphatic hydroxyl groups excluding tert-OH is 1. The largest absolute Gasteiger partial charge is 0.435 e. The highest BCUT2D eigenvalue weighted by atomic mass is 19.4. The highest BCUT2D eigenvalue weighted by Gasteiger charge is 2.42. The molecule has 0 radical (unpaired) electrons. The topological polar surface area (TPSA) is 67.2 Å². The third-order valence-electron chi connectivity index (χ3n) is 4.06. The van der Waals surface area contributed by atoms with Gasteiger partial charge < -0.3 is 10.4 Å². The molecule has 0 aliphatic heterocycles. The molecule has 1 heterocycles. The first-order valence-electron chi connectivity index (χ1n) is 8.35. The molecule has 1 amide bonds. The first-order valence-corrected chi connectivity index (χ1v) is 8.35. The second-order valence-corrected chi connectivity index (χ2v) is 6.18. The third kappa shape index (κ3) is 4.62. The average molecular weight is 429 g/mol. The first-order chi connectivity index (χ1) is 14.0. The quantitative estimate of drug-likeness (QED) is 0.594. The fraction of sp³-hybridized carbons (Fsp3) is 0.158. The van der Waals surface area contributed by atoms with E-state index in [1.807, 2.05) is 0 Å². The van der Waals surface area contributed by atoms with Gasteiger partial charge in [-0.25, -0.2) is 4.68 Å². The van der Waals surface area contributed by atoms with Crippen LogP contribution >= 0.6 is 0 Å². The second kappa shape index (κ2) is 7.82. The van der Waals surface area contributed by atoms with Crippen molar-refractivity contribution >= 4 is 11.6 Å². The summed E-state index contributed by atoms with van der Waals surface area (Å²) in [6.45, 7) is -0.188. The number of amides is 1. The molecule has 0 saturated heterocycles. The minimum atomic E-state index is -5.05. The van der Waals surface area contributed by atoms with Crippen LogP contribution in [0.15, 0.2) is 54.6 Å². The lowest BCUT2D eigenvalue weighted by atomic mass is 10.1. The minimum Gasteiger partial charge on any atom is -0.392 e. The summed E-state index contributed by atoms with van der Waals surface area (Å²) in [5.74, 6) is -0.512. The van der Waals surface area contributed by atoms with E-state index in [-0.39, 0.29) is 34.3 Å². The molecule has 2 aromatic carbocycles. The molecule has 0 unspecified atom stereocenters. The molecule has 3 rings (SSSR count). The molecule has 0 aliphatic carbocycles. The van der Waals surface area contributed by atoms with E-state index < -0.39 is 29.6 Å². The molecule has 11 heteroatoms. The van der Waals surface area contributed by atoms with Gasteiger partial charge in [-0.1, -0.05) is 12.1 Å². The maximum absolute atomic E-state index is 13.1. The number of anilines is 1. The van der Waals surface area contributed by atoms with Crippen LogP contribution in [0.2, 0.25) is 0 Å². The Morgan fingerprint density at radius 3 is 2.03 bits per heavy atom. The van der Waals surface area contributed by atoms with Crippen molar-refractivity contribution in [1.29, 1.82) is 0 Å². The van der Waals surface area contributed by atoms with Crippen molar-refractivity contribution < 1.29 is 36.2 Å². The highest BCUT2D eigenvalue weighted by Crippen LogP contribution is 2.36. The Morgan fingerprint density at radius 2 is 1.53 bits per heavy atom. The van der Waals surface area contributed by atoms with Crippen LogP contribution < -0.4 is 5.32 Å². The average Bonchev–Trinajstić information content (AvgIpc) is 3.15. The fourth-order valence-electron chi connectivity index (χ4n) is 2.57. The molecule has 0 spiro atoms. The van der Waals surface area contributed by atoms with Gasteiger partial charge in [0.1, 0.15) is 5.69 Å². The van der Waals surface area contributed by atoms with E-state index in [0.29, 0.717) is 5.56 Å². The fourth-order valence-corrected chi connectivity index (χ4v) is 2.57. The normalized spacial score (nSPS) is 12.1. The van der Waals surface area contributed by atoms with Gasteiger partial charge in [-0.15, -0.1) is 0 Å². The summed E-state index contributed by atoms with van der Waals surface area (Å²) in [6.07, 6.45) is -10.1. The number of nitrogens with one attached hydrogen (secondary N) is 1. The SMILES string of the molecule is O=C(Nc1ccc(-n2nc(C(F)(F)F)cc2C(F)(F)F)cc1)c1ccc(CO)cc1. The van der Waals surface area contributed by atoms with Gasteiger partial charge in [0.25, 0.3) is 5.91 Å². The summed E-state index contributed by atoms with van der Waals surface area (Å²) in [4.78, 5) is 12.2. The molecule has 0 fully saturated rings. The predicted octanol–water partition coefficient (Wildman–Crippen LogP) is 4.65. The molecule has 30 heavy (non-hydrogen) atoms. The Balaban J connectivity index is 1.85. The van der Waals surface area contributed by atoms with Crippen molar-refractivity contribution in [2.75, 3.05) is 5.32 Å². The lowest BCUT2D eigenvalue weighted by Gasteiger charge is -2.11. The van der Waals surface area contributed by atoms with Crippen LogP contribution in [0, 0.1) is 0 Å². The number of aromatic nitrogens is 2. The smallest absolute Gasteiger partial charge is 0.392 e. The molecule has 0 aliphatic rings. The van der Waals surface area contributed by atoms with Gasteiger partial charge in [0.15, 0.2) is 5.69 Å². The summed E-state index contributed by atoms with van der Waals surface area (Å²) in [6, 6.07) is 10.7. The predicted molar refractivity (Wildman–Crippen MR) is 93.9 cm³/mol. The van der Waals surface area contributed by atoms with Crippen LogP contribution in [-0.4, -0.2) is 20.8 Å². The van der Waals surface area contributed by atoms with Crippen LogP contribution in [0.4, 0.5) is 32.0 Å². The van der Waals surface area contributed by atoms with Gasteiger partial charge >= 0.3 is 12.4 Å². The number of hydrogen-bond acceptors (Lipinski definition) is 3. The summed E-state index contributed by atoms with van der Waals surface area (Å²) in [5, 5.41) is 14.5. The minimum absolute atomic E-state index is 0.0638. The van der Waals surface area contributed by atoms with E-state index in [2.05, 4.69) is 10.4 Å². The van der Waals surface area contributed by atoms with E-state index in [4.69, 9.17) is 5.11 Å². The summed E-state index contributed by atoms with van der Waals surface area (Å²) in [7, 11) is 0. The number of hydrogen-bond donors (Lipinski definition) is 2. The van der Waals surface area contributed by atoms with Crippen molar-refractivity contribution in [2.45, 2.75) is 19.0 Å². The van der Waals surface area contributed by atoms with Crippen LogP contribution in [-0.2, 0) is 19.0 Å². The van der Waals surface area contributed by atoms with E-state index in [1.54, 1.807) is 12.1 Å². The molecule has 1 aromatic heterocycles. The van der Waals surface area contributed by atoms with E-state index >= 15 is 0 Å². The maximum atomic E-state index is 13.1. The van der Waals surface area contributed by atoms with Crippen molar-refractivity contribution in [3.8, 4) is 5.69 Å². The maximum Gasteiger partial charge on any atom is 0.435 e. The molecular formula is C19H13F6N3O2. The summed E-state index contributed by atoms with van der Waals surface area (Å²) < 4.78 is 77.9. The van der Waals surface area contributed by atoms with Gasteiger partial charge in [0.2, 0.25) is 0 Å². The molecule has 158 valence electrons. The number of benzene rings is 2. The van der Waals surface area contributed by atoms with Crippen LogP contribution in [0.25, 0.3) is 5.69 Å². The Morgan fingerprint density at radius 1 is 0.933 bits per heavy atom. The van der Waals surface area contributed by atoms with Crippen molar-refractivity contribution in [1.82, 2.24) is 9.78 Å². The Kier molecular flexibility index (Phi) is 5.57. The number of carbonyl (C=O) groups excluding carboxylic acids is 1. The molecule has 0 bridgehead atoms. The number of carbonyl (C=O) groups is 1. The third-order valence-corrected chi connectivity index (χ3v) is 4.06. The molecule has 0 saturated carbocycles. The number of nitrogens with zero attached hydrogens (tertiary/aromatic N) is 2. The number of rotatable bonds is 4. The van der Waals surface area contributed by atoms with Gasteiger partial charge in [-0.3, -0.25) is 4.79 Å². The Hall–Kier alpha value is -3.34. The zero-order chi connectivity index (χ0) is 22.1. The number of halogens is 6. The number of alkyl halides is 6. The van der Waals surface area contributed by atoms with Gasteiger partial charge in [0.05, 0.1) is 12.3 Å². The van der Waals surface area contributed by atoms with Gasteiger partial charge in [-0.2, -0.15) is 31.4 Å². The van der Waals surface area contributed by atoms with Crippen LogP contribution in [0.3, 0.4) is 0 Å². The van der Waals surface area contributed by atoms with Gasteiger partial charge in [0, 0.05) is 17.3 Å². The second-order valence-electron chi connectivity index (χ2n) is 6.18.